The SMILES string of the molecule is CCCNc1ncnc(Nc2ccccc2F)c1N. The molecule has 0 fully saturated rings. The topological polar surface area (TPSA) is 75.9 Å². The molecule has 1 heterocycles. The first-order valence-electron chi connectivity index (χ1n) is 6.08. The van der Waals surface area contributed by atoms with Crippen molar-refractivity contribution in [3.63, 3.8) is 0 Å². The van der Waals surface area contributed by atoms with Gasteiger partial charge in [0.1, 0.15) is 17.8 Å². The molecular weight excluding hydrogens is 245 g/mol. The van der Waals surface area contributed by atoms with Crippen molar-refractivity contribution in [3.05, 3.63) is 36.4 Å². The number of nitrogen functional groups attached to an aromatic ring is 1. The number of nitrogens with zero attached hydrogens (tertiary/aromatic N) is 2. The fourth-order valence-electron chi connectivity index (χ4n) is 1.57. The van der Waals surface area contributed by atoms with Crippen molar-refractivity contribution in [2.24, 2.45) is 0 Å². The number of anilines is 4. The van der Waals surface area contributed by atoms with E-state index in [0.29, 0.717) is 23.0 Å². The second kappa shape index (κ2) is 5.99. The molecule has 0 saturated heterocycles. The van der Waals surface area contributed by atoms with Gasteiger partial charge in [0.25, 0.3) is 0 Å². The normalized spacial score (nSPS) is 10.2. The summed E-state index contributed by atoms with van der Waals surface area (Å²) in [6.07, 6.45) is 2.34. The Labute approximate surface area is 111 Å². The lowest BCUT2D eigenvalue weighted by Crippen LogP contribution is -2.08. The predicted molar refractivity (Wildman–Crippen MR) is 74.9 cm³/mol. The molecule has 0 unspecified atom stereocenters. The highest BCUT2D eigenvalue weighted by molar-refractivity contribution is 5.77. The van der Waals surface area contributed by atoms with E-state index in [1.165, 1.54) is 12.4 Å². The third-order valence-electron chi connectivity index (χ3n) is 2.55. The van der Waals surface area contributed by atoms with Crippen LogP contribution in [-0.2, 0) is 0 Å². The van der Waals surface area contributed by atoms with Crippen LogP contribution in [0.5, 0.6) is 0 Å². The highest BCUT2D eigenvalue weighted by Crippen LogP contribution is 2.26. The molecule has 100 valence electrons. The lowest BCUT2D eigenvalue weighted by molar-refractivity contribution is 0.632. The predicted octanol–water partition coefficient (Wildman–Crippen LogP) is 2.76. The van der Waals surface area contributed by atoms with E-state index in [0.717, 1.165) is 13.0 Å². The van der Waals surface area contributed by atoms with Crippen LogP contribution in [0.1, 0.15) is 13.3 Å². The zero-order chi connectivity index (χ0) is 13.7. The van der Waals surface area contributed by atoms with Crippen molar-refractivity contribution in [2.75, 3.05) is 22.9 Å². The van der Waals surface area contributed by atoms with Crippen LogP contribution in [0.3, 0.4) is 0 Å². The van der Waals surface area contributed by atoms with Gasteiger partial charge in [0.2, 0.25) is 0 Å². The molecule has 4 N–H and O–H groups in total. The van der Waals surface area contributed by atoms with E-state index < -0.39 is 0 Å². The Morgan fingerprint density at radius 3 is 2.68 bits per heavy atom. The van der Waals surface area contributed by atoms with Gasteiger partial charge in [-0.05, 0) is 18.6 Å². The molecule has 2 aromatic rings. The van der Waals surface area contributed by atoms with E-state index in [1.54, 1.807) is 18.2 Å². The number of halogens is 1. The summed E-state index contributed by atoms with van der Waals surface area (Å²) >= 11 is 0. The Morgan fingerprint density at radius 2 is 1.95 bits per heavy atom. The lowest BCUT2D eigenvalue weighted by Gasteiger charge is -2.12. The van der Waals surface area contributed by atoms with E-state index >= 15 is 0 Å². The zero-order valence-electron chi connectivity index (χ0n) is 10.7. The van der Waals surface area contributed by atoms with Gasteiger partial charge in [0, 0.05) is 6.54 Å². The summed E-state index contributed by atoms with van der Waals surface area (Å²) in [5.74, 6) is 0.581. The van der Waals surface area contributed by atoms with Crippen LogP contribution in [0.2, 0.25) is 0 Å². The first-order chi connectivity index (χ1) is 9.22. The van der Waals surface area contributed by atoms with Crippen LogP contribution in [-0.4, -0.2) is 16.5 Å². The molecule has 0 bridgehead atoms. The molecule has 0 radical (unpaired) electrons. The van der Waals surface area contributed by atoms with Gasteiger partial charge < -0.3 is 16.4 Å². The Morgan fingerprint density at radius 1 is 1.21 bits per heavy atom. The van der Waals surface area contributed by atoms with Crippen molar-refractivity contribution in [3.8, 4) is 0 Å². The lowest BCUT2D eigenvalue weighted by atomic mass is 10.3. The molecule has 0 aliphatic rings. The summed E-state index contributed by atoms with van der Waals surface area (Å²) in [6.45, 7) is 2.81. The minimum atomic E-state index is -0.358. The summed E-state index contributed by atoms with van der Waals surface area (Å²) in [6, 6.07) is 6.35. The van der Waals surface area contributed by atoms with E-state index in [-0.39, 0.29) is 5.82 Å². The molecule has 6 heteroatoms. The maximum absolute atomic E-state index is 13.5. The summed E-state index contributed by atoms with van der Waals surface area (Å²) in [4.78, 5) is 8.09. The summed E-state index contributed by atoms with van der Waals surface area (Å²) < 4.78 is 13.5. The molecule has 2 rings (SSSR count). The average Bonchev–Trinajstić information content (AvgIpc) is 2.42. The Hall–Kier alpha value is -2.37. The summed E-state index contributed by atoms with van der Waals surface area (Å²) in [5.41, 5.74) is 6.65. The quantitative estimate of drug-likeness (QED) is 0.771. The number of hydrogen-bond acceptors (Lipinski definition) is 5. The van der Waals surface area contributed by atoms with Gasteiger partial charge in [-0.1, -0.05) is 19.1 Å². The Bertz CT molecular complexity index is 558. The number of rotatable bonds is 5. The van der Waals surface area contributed by atoms with Crippen LogP contribution in [0.15, 0.2) is 30.6 Å². The van der Waals surface area contributed by atoms with Crippen LogP contribution in [0, 0.1) is 5.82 Å². The van der Waals surface area contributed by atoms with Gasteiger partial charge >= 0.3 is 0 Å². The van der Waals surface area contributed by atoms with Gasteiger partial charge in [0.05, 0.1) is 5.69 Å². The highest BCUT2D eigenvalue weighted by atomic mass is 19.1. The fraction of sp³-hybridized carbons (Fsp3) is 0.231. The molecule has 19 heavy (non-hydrogen) atoms. The standard InChI is InChI=1S/C13H16FN5/c1-2-7-16-12-11(15)13(18-8-17-12)19-10-6-4-3-5-9(10)14/h3-6,8H,2,7,15H2,1H3,(H2,16,17,18,19). The van der Waals surface area contributed by atoms with Crippen molar-refractivity contribution in [2.45, 2.75) is 13.3 Å². The number of hydrogen-bond donors (Lipinski definition) is 3. The molecule has 0 saturated carbocycles. The maximum Gasteiger partial charge on any atom is 0.159 e. The first-order valence-corrected chi connectivity index (χ1v) is 6.08. The molecule has 0 amide bonds. The van der Waals surface area contributed by atoms with Crippen molar-refractivity contribution in [1.82, 2.24) is 9.97 Å². The van der Waals surface area contributed by atoms with E-state index in [2.05, 4.69) is 20.6 Å². The molecular formula is C13H16FN5. The van der Waals surface area contributed by atoms with Crippen molar-refractivity contribution in [1.29, 1.82) is 0 Å². The number of nitrogens with one attached hydrogen (secondary N) is 2. The van der Waals surface area contributed by atoms with Crippen LogP contribution >= 0.6 is 0 Å². The highest BCUT2D eigenvalue weighted by Gasteiger charge is 2.09. The van der Waals surface area contributed by atoms with Gasteiger partial charge in [-0.3, -0.25) is 0 Å². The maximum atomic E-state index is 13.5. The molecule has 5 nitrogen and oxygen atoms in total. The second-order valence-corrected chi connectivity index (χ2v) is 4.02. The molecule has 0 aliphatic heterocycles. The van der Waals surface area contributed by atoms with Gasteiger partial charge in [0.15, 0.2) is 11.6 Å². The van der Waals surface area contributed by atoms with Gasteiger partial charge in [-0.2, -0.15) is 0 Å². The first kappa shape index (κ1) is 13.1. The monoisotopic (exact) mass is 261 g/mol. The van der Waals surface area contributed by atoms with E-state index in [9.17, 15) is 4.39 Å². The van der Waals surface area contributed by atoms with Crippen LogP contribution < -0.4 is 16.4 Å². The van der Waals surface area contributed by atoms with Gasteiger partial charge in [-0.15, -0.1) is 0 Å². The summed E-state index contributed by atoms with van der Waals surface area (Å²) in [7, 11) is 0. The number of benzene rings is 1. The van der Waals surface area contributed by atoms with Gasteiger partial charge in [-0.25, -0.2) is 14.4 Å². The zero-order valence-corrected chi connectivity index (χ0v) is 10.7. The second-order valence-electron chi connectivity index (χ2n) is 4.02. The Kier molecular flexibility index (Phi) is 4.12. The third kappa shape index (κ3) is 3.09. The Balaban J connectivity index is 2.23. The molecule has 1 aromatic heterocycles. The van der Waals surface area contributed by atoms with Crippen molar-refractivity contribution < 1.29 is 4.39 Å². The number of nitrogens with two attached hydrogens (primary N) is 1. The largest absolute Gasteiger partial charge is 0.393 e. The number of para-hydroxylation sites is 1. The average molecular weight is 261 g/mol. The van der Waals surface area contributed by atoms with Crippen LogP contribution in [0.25, 0.3) is 0 Å². The minimum absolute atomic E-state index is 0.328. The molecule has 0 atom stereocenters. The van der Waals surface area contributed by atoms with Crippen molar-refractivity contribution >= 4 is 23.0 Å². The van der Waals surface area contributed by atoms with E-state index in [1.807, 2.05) is 6.92 Å². The molecule has 0 aliphatic carbocycles. The molecule has 1 aromatic carbocycles. The van der Waals surface area contributed by atoms with E-state index in [4.69, 9.17) is 5.73 Å². The number of aromatic nitrogens is 2. The van der Waals surface area contributed by atoms with Crippen LogP contribution in [0.4, 0.5) is 27.4 Å². The minimum Gasteiger partial charge on any atom is -0.393 e. The fourth-order valence-corrected chi connectivity index (χ4v) is 1.57. The summed E-state index contributed by atoms with van der Waals surface area (Å²) in [5, 5.41) is 5.96. The third-order valence-corrected chi connectivity index (χ3v) is 2.55. The molecule has 0 spiro atoms. The smallest absolute Gasteiger partial charge is 0.159 e.